The van der Waals surface area contributed by atoms with Crippen molar-refractivity contribution in [2.75, 3.05) is 4.72 Å². The number of hydrogen-bond donors (Lipinski definition) is 1. The molecule has 0 fully saturated rings. The molecule has 0 saturated carbocycles. The Bertz CT molecular complexity index is 1020. The Morgan fingerprint density at radius 2 is 1.88 bits per heavy atom. The minimum atomic E-state index is -4.67. The molecule has 4 nitrogen and oxygen atoms in total. The molecule has 0 atom stereocenters. The van der Waals surface area contributed by atoms with Crippen LogP contribution in [-0.2, 0) is 16.2 Å². The van der Waals surface area contributed by atoms with E-state index in [1.165, 1.54) is 17.4 Å². The Balaban J connectivity index is 2.01. The molecule has 0 aliphatic heterocycles. The summed E-state index contributed by atoms with van der Waals surface area (Å²) in [6, 6.07) is 6.77. The number of alkyl halides is 3. The molecule has 0 bridgehead atoms. The maximum absolute atomic E-state index is 12.8. The van der Waals surface area contributed by atoms with Crippen molar-refractivity contribution in [2.24, 2.45) is 0 Å². The Morgan fingerprint density at radius 3 is 2.58 bits per heavy atom. The van der Waals surface area contributed by atoms with Crippen molar-refractivity contribution in [2.45, 2.75) is 11.1 Å². The van der Waals surface area contributed by atoms with Crippen LogP contribution in [0.5, 0.6) is 0 Å². The van der Waals surface area contributed by atoms with E-state index in [0.717, 1.165) is 16.8 Å². The van der Waals surface area contributed by atoms with E-state index in [9.17, 15) is 21.6 Å². The van der Waals surface area contributed by atoms with Crippen LogP contribution in [0.4, 0.5) is 18.9 Å². The maximum atomic E-state index is 12.8. The first-order chi connectivity index (χ1) is 11.2. The second-order valence-electron chi connectivity index (χ2n) is 4.78. The van der Waals surface area contributed by atoms with Gasteiger partial charge in [-0.05, 0) is 36.4 Å². The number of benzene rings is 2. The number of nitrogens with zero attached hydrogens (tertiary/aromatic N) is 1. The lowest BCUT2D eigenvalue weighted by atomic mass is 10.2. The van der Waals surface area contributed by atoms with E-state index in [0.29, 0.717) is 11.6 Å². The Kier molecular flexibility index (Phi) is 4.18. The molecule has 1 aromatic heterocycles. The molecule has 3 aromatic rings. The quantitative estimate of drug-likeness (QED) is 0.698. The van der Waals surface area contributed by atoms with E-state index >= 15 is 0 Å². The zero-order chi connectivity index (χ0) is 17.5. The van der Waals surface area contributed by atoms with Crippen LogP contribution in [0.15, 0.2) is 46.8 Å². The SMILES string of the molecule is O=S(=O)(Nc1ccc2ncsc2c1)c1cc(C(F)(F)F)ccc1Cl. The summed E-state index contributed by atoms with van der Waals surface area (Å²) in [5.74, 6) is 0. The molecule has 2 aromatic carbocycles. The summed E-state index contributed by atoms with van der Waals surface area (Å²) < 4.78 is 66.1. The van der Waals surface area contributed by atoms with Crippen LogP contribution in [-0.4, -0.2) is 13.4 Å². The van der Waals surface area contributed by atoms with E-state index < -0.39 is 26.7 Å². The van der Waals surface area contributed by atoms with Gasteiger partial charge in [-0.25, -0.2) is 13.4 Å². The molecule has 0 aliphatic rings. The highest BCUT2D eigenvalue weighted by Crippen LogP contribution is 2.34. The highest BCUT2D eigenvalue weighted by atomic mass is 35.5. The van der Waals surface area contributed by atoms with E-state index in [2.05, 4.69) is 9.71 Å². The number of anilines is 1. The molecule has 0 spiro atoms. The van der Waals surface area contributed by atoms with Crippen molar-refractivity contribution in [3.05, 3.63) is 52.5 Å². The normalized spacial score (nSPS) is 12.5. The van der Waals surface area contributed by atoms with Crippen LogP contribution >= 0.6 is 22.9 Å². The van der Waals surface area contributed by atoms with Crippen LogP contribution in [0, 0.1) is 0 Å². The lowest BCUT2D eigenvalue weighted by Crippen LogP contribution is -2.15. The smallest absolute Gasteiger partial charge is 0.280 e. The molecule has 10 heteroatoms. The molecule has 3 rings (SSSR count). The van der Waals surface area contributed by atoms with Crippen LogP contribution in [0.1, 0.15) is 5.56 Å². The van der Waals surface area contributed by atoms with Gasteiger partial charge in [-0.3, -0.25) is 4.72 Å². The fourth-order valence-electron chi connectivity index (χ4n) is 2.01. The number of halogens is 4. The number of fused-ring (bicyclic) bond motifs is 1. The van der Waals surface area contributed by atoms with Crippen LogP contribution in [0.3, 0.4) is 0 Å². The van der Waals surface area contributed by atoms with Gasteiger partial charge in [0.1, 0.15) is 4.90 Å². The van der Waals surface area contributed by atoms with Gasteiger partial charge < -0.3 is 0 Å². The van der Waals surface area contributed by atoms with Crippen molar-refractivity contribution in [1.82, 2.24) is 4.98 Å². The molecule has 0 amide bonds. The van der Waals surface area contributed by atoms with E-state index in [-0.39, 0.29) is 10.7 Å². The zero-order valence-electron chi connectivity index (χ0n) is 11.6. The third-order valence-corrected chi connectivity index (χ3v) is 5.79. The van der Waals surface area contributed by atoms with Gasteiger partial charge >= 0.3 is 6.18 Å². The van der Waals surface area contributed by atoms with E-state index in [4.69, 9.17) is 11.6 Å². The average molecular weight is 393 g/mol. The standard InChI is InChI=1S/C14H8ClF3N2O2S2/c15-10-3-1-8(14(16,17)18)5-13(10)24(21,22)20-9-2-4-11-12(6-9)23-7-19-11/h1-7,20H. The minimum Gasteiger partial charge on any atom is -0.280 e. The van der Waals surface area contributed by atoms with Crippen LogP contribution < -0.4 is 4.72 Å². The fourth-order valence-corrected chi connectivity index (χ4v) is 4.31. The number of hydrogen-bond acceptors (Lipinski definition) is 4. The molecule has 126 valence electrons. The largest absolute Gasteiger partial charge is 0.416 e. The summed E-state index contributed by atoms with van der Waals surface area (Å²) in [5.41, 5.74) is 1.41. The minimum absolute atomic E-state index is 0.209. The van der Waals surface area contributed by atoms with Crippen molar-refractivity contribution < 1.29 is 21.6 Å². The average Bonchev–Trinajstić information content (AvgIpc) is 2.93. The van der Waals surface area contributed by atoms with Gasteiger partial charge in [-0.2, -0.15) is 13.2 Å². The number of nitrogens with one attached hydrogen (secondary N) is 1. The van der Waals surface area contributed by atoms with Crippen molar-refractivity contribution in [1.29, 1.82) is 0 Å². The number of thiazole rings is 1. The molecule has 24 heavy (non-hydrogen) atoms. The molecule has 1 heterocycles. The second-order valence-corrected chi connectivity index (χ2v) is 7.73. The third kappa shape index (κ3) is 3.33. The third-order valence-electron chi connectivity index (χ3n) is 3.13. The molecule has 0 radical (unpaired) electrons. The summed E-state index contributed by atoms with van der Waals surface area (Å²) in [6.45, 7) is 0. The molecule has 0 saturated heterocycles. The number of aromatic nitrogens is 1. The predicted octanol–water partition coefficient (Wildman–Crippen LogP) is 4.77. The molecule has 0 aliphatic carbocycles. The maximum Gasteiger partial charge on any atom is 0.416 e. The first-order valence-corrected chi connectivity index (χ1v) is 9.14. The van der Waals surface area contributed by atoms with Gasteiger partial charge in [0.25, 0.3) is 10.0 Å². The monoisotopic (exact) mass is 392 g/mol. The molecular formula is C14H8ClF3N2O2S2. The van der Waals surface area contributed by atoms with Gasteiger partial charge in [0.15, 0.2) is 0 Å². The molecule has 1 N–H and O–H groups in total. The molecular weight excluding hydrogens is 385 g/mol. The summed E-state index contributed by atoms with van der Waals surface area (Å²) in [4.78, 5) is 3.43. The summed E-state index contributed by atoms with van der Waals surface area (Å²) >= 11 is 7.09. The summed E-state index contributed by atoms with van der Waals surface area (Å²) in [7, 11) is -4.28. The topological polar surface area (TPSA) is 59.1 Å². The highest BCUT2D eigenvalue weighted by Gasteiger charge is 2.32. The Labute approximate surface area is 144 Å². The summed E-state index contributed by atoms with van der Waals surface area (Å²) in [6.07, 6.45) is -4.67. The fraction of sp³-hybridized carbons (Fsp3) is 0.0714. The van der Waals surface area contributed by atoms with Gasteiger partial charge in [0.2, 0.25) is 0 Å². The Morgan fingerprint density at radius 1 is 1.12 bits per heavy atom. The van der Waals surface area contributed by atoms with E-state index in [1.807, 2.05) is 0 Å². The first kappa shape index (κ1) is 17.0. The highest BCUT2D eigenvalue weighted by molar-refractivity contribution is 7.92. The van der Waals surface area contributed by atoms with E-state index in [1.54, 1.807) is 17.6 Å². The second kappa shape index (κ2) is 5.91. The first-order valence-electron chi connectivity index (χ1n) is 6.40. The zero-order valence-corrected chi connectivity index (χ0v) is 14.0. The van der Waals surface area contributed by atoms with Crippen LogP contribution in [0.25, 0.3) is 10.2 Å². The van der Waals surface area contributed by atoms with Gasteiger partial charge in [-0.1, -0.05) is 11.6 Å². The lowest BCUT2D eigenvalue weighted by molar-refractivity contribution is -0.137. The van der Waals surface area contributed by atoms with Gasteiger partial charge in [-0.15, -0.1) is 11.3 Å². The van der Waals surface area contributed by atoms with Crippen molar-refractivity contribution in [3.63, 3.8) is 0 Å². The summed E-state index contributed by atoms with van der Waals surface area (Å²) in [5, 5.41) is -0.297. The predicted molar refractivity (Wildman–Crippen MR) is 86.9 cm³/mol. The van der Waals surface area contributed by atoms with Crippen LogP contribution in [0.2, 0.25) is 5.02 Å². The lowest BCUT2D eigenvalue weighted by Gasteiger charge is -2.12. The number of rotatable bonds is 3. The number of sulfonamides is 1. The van der Waals surface area contributed by atoms with Crippen molar-refractivity contribution >= 4 is 48.9 Å². The molecule has 0 unspecified atom stereocenters. The van der Waals surface area contributed by atoms with Crippen molar-refractivity contribution in [3.8, 4) is 0 Å². The van der Waals surface area contributed by atoms with Gasteiger partial charge in [0.05, 0.1) is 32.0 Å². The Hall–Kier alpha value is -1.84. The van der Waals surface area contributed by atoms with Gasteiger partial charge in [0, 0.05) is 0 Å².